The summed E-state index contributed by atoms with van der Waals surface area (Å²) in [5, 5.41) is 8.89. The van der Waals surface area contributed by atoms with Crippen LogP contribution in [0.25, 0.3) is 11.4 Å². The van der Waals surface area contributed by atoms with Crippen LogP contribution in [-0.2, 0) is 15.8 Å². The van der Waals surface area contributed by atoms with Gasteiger partial charge in [-0.15, -0.1) is 10.2 Å². The molecule has 0 aliphatic rings. The SMILES string of the molecule is Cc1ccc(-c2nnc(SCc3cccc(S(=O)(=O)N(C)C)c3)n2N)cc1. The zero-order valence-electron chi connectivity index (χ0n) is 15.3. The molecule has 0 bridgehead atoms. The number of hydrogen-bond donors (Lipinski definition) is 1. The molecule has 0 amide bonds. The molecule has 0 fully saturated rings. The molecule has 0 radical (unpaired) electrons. The van der Waals surface area contributed by atoms with E-state index >= 15 is 0 Å². The number of aryl methyl sites for hydroxylation is 1. The lowest BCUT2D eigenvalue weighted by atomic mass is 10.1. The molecule has 1 aromatic heterocycles. The average Bonchev–Trinajstić information content (AvgIpc) is 3.01. The second kappa shape index (κ2) is 7.71. The van der Waals surface area contributed by atoms with Gasteiger partial charge in [-0.2, -0.15) is 0 Å². The predicted octanol–water partition coefficient (Wildman–Crippen LogP) is 2.51. The molecule has 0 aliphatic carbocycles. The van der Waals surface area contributed by atoms with Crippen molar-refractivity contribution >= 4 is 21.8 Å². The first-order valence-electron chi connectivity index (χ1n) is 8.21. The third-order valence-electron chi connectivity index (χ3n) is 4.02. The normalized spacial score (nSPS) is 11.9. The van der Waals surface area contributed by atoms with Crippen molar-refractivity contribution in [3.05, 3.63) is 59.7 Å². The Hall–Kier alpha value is -2.36. The van der Waals surface area contributed by atoms with Crippen molar-refractivity contribution in [3.63, 3.8) is 0 Å². The zero-order chi connectivity index (χ0) is 19.6. The van der Waals surface area contributed by atoms with Crippen molar-refractivity contribution < 1.29 is 8.42 Å². The molecule has 9 heteroatoms. The first-order chi connectivity index (χ1) is 12.8. The van der Waals surface area contributed by atoms with Crippen molar-refractivity contribution in [2.45, 2.75) is 22.7 Å². The Labute approximate surface area is 163 Å². The largest absolute Gasteiger partial charge is 0.335 e. The van der Waals surface area contributed by atoms with Gasteiger partial charge < -0.3 is 5.84 Å². The van der Waals surface area contributed by atoms with Gasteiger partial charge in [0.25, 0.3) is 0 Å². The summed E-state index contributed by atoms with van der Waals surface area (Å²) in [5.41, 5.74) is 2.91. The first kappa shape index (κ1) is 19.4. The second-order valence-electron chi connectivity index (χ2n) is 6.27. The third kappa shape index (κ3) is 4.15. The molecule has 3 aromatic rings. The van der Waals surface area contributed by atoms with Crippen molar-refractivity contribution in [3.8, 4) is 11.4 Å². The van der Waals surface area contributed by atoms with E-state index in [1.54, 1.807) is 18.2 Å². The minimum Gasteiger partial charge on any atom is -0.335 e. The third-order valence-corrected chi connectivity index (χ3v) is 6.84. The molecular formula is C18H21N5O2S2. The number of thioether (sulfide) groups is 1. The maximum atomic E-state index is 12.3. The van der Waals surface area contributed by atoms with Gasteiger partial charge in [0.15, 0.2) is 5.82 Å². The van der Waals surface area contributed by atoms with E-state index in [0.29, 0.717) is 16.7 Å². The van der Waals surface area contributed by atoms with Crippen LogP contribution in [0.5, 0.6) is 0 Å². The van der Waals surface area contributed by atoms with Crippen molar-refractivity contribution in [1.82, 2.24) is 19.2 Å². The van der Waals surface area contributed by atoms with Crippen LogP contribution in [0.3, 0.4) is 0 Å². The van der Waals surface area contributed by atoms with E-state index in [4.69, 9.17) is 5.84 Å². The van der Waals surface area contributed by atoms with Gasteiger partial charge in [0.1, 0.15) is 0 Å². The van der Waals surface area contributed by atoms with Crippen molar-refractivity contribution in [2.24, 2.45) is 0 Å². The fraction of sp³-hybridized carbons (Fsp3) is 0.222. The molecule has 1 heterocycles. The van der Waals surface area contributed by atoms with E-state index in [2.05, 4.69) is 10.2 Å². The van der Waals surface area contributed by atoms with E-state index in [1.807, 2.05) is 37.3 Å². The Balaban J connectivity index is 1.77. The summed E-state index contributed by atoms with van der Waals surface area (Å²) in [6, 6.07) is 14.8. The van der Waals surface area contributed by atoms with Gasteiger partial charge in [-0.3, -0.25) is 0 Å². The summed E-state index contributed by atoms with van der Waals surface area (Å²) in [5.74, 6) is 7.26. The lowest BCUT2D eigenvalue weighted by molar-refractivity contribution is 0.520. The van der Waals surface area contributed by atoms with Gasteiger partial charge in [0.05, 0.1) is 4.90 Å². The Morgan fingerprint density at radius 1 is 1.11 bits per heavy atom. The fourth-order valence-electron chi connectivity index (χ4n) is 2.43. The van der Waals surface area contributed by atoms with Gasteiger partial charge in [0.2, 0.25) is 15.2 Å². The van der Waals surface area contributed by atoms with Gasteiger partial charge in [-0.25, -0.2) is 17.4 Å². The molecule has 0 saturated heterocycles. The Kier molecular flexibility index (Phi) is 5.54. The predicted molar refractivity (Wildman–Crippen MR) is 107 cm³/mol. The minimum absolute atomic E-state index is 0.264. The summed E-state index contributed by atoms with van der Waals surface area (Å²) in [6.45, 7) is 2.02. The van der Waals surface area contributed by atoms with Gasteiger partial charge in [-0.05, 0) is 24.6 Å². The smallest absolute Gasteiger partial charge is 0.242 e. The molecule has 3 rings (SSSR count). The van der Waals surface area contributed by atoms with E-state index < -0.39 is 10.0 Å². The minimum atomic E-state index is -3.46. The molecule has 2 aromatic carbocycles. The van der Waals surface area contributed by atoms with Crippen LogP contribution >= 0.6 is 11.8 Å². The molecule has 7 nitrogen and oxygen atoms in total. The Morgan fingerprint density at radius 3 is 2.48 bits per heavy atom. The molecule has 142 valence electrons. The van der Waals surface area contributed by atoms with E-state index in [0.717, 1.165) is 16.7 Å². The topological polar surface area (TPSA) is 94.1 Å². The summed E-state index contributed by atoms with van der Waals surface area (Å²) >= 11 is 1.40. The quantitative estimate of drug-likeness (QED) is 0.502. The molecule has 0 spiro atoms. The molecular weight excluding hydrogens is 382 g/mol. The number of benzene rings is 2. The number of nitrogen functional groups attached to an aromatic ring is 1. The van der Waals surface area contributed by atoms with E-state index in [-0.39, 0.29) is 4.90 Å². The van der Waals surface area contributed by atoms with Crippen molar-refractivity contribution in [2.75, 3.05) is 19.9 Å². The van der Waals surface area contributed by atoms with Gasteiger partial charge >= 0.3 is 0 Å². The monoisotopic (exact) mass is 403 g/mol. The number of aromatic nitrogens is 3. The fourth-order valence-corrected chi connectivity index (χ4v) is 4.20. The van der Waals surface area contributed by atoms with Crippen LogP contribution in [-0.4, -0.2) is 41.7 Å². The number of nitrogens with zero attached hydrogens (tertiary/aromatic N) is 4. The maximum Gasteiger partial charge on any atom is 0.242 e. The Bertz CT molecular complexity index is 1040. The van der Waals surface area contributed by atoms with E-state index in [1.165, 1.54) is 34.8 Å². The summed E-state index contributed by atoms with van der Waals surface area (Å²) in [7, 11) is -0.431. The zero-order valence-corrected chi connectivity index (χ0v) is 17.0. The van der Waals surface area contributed by atoms with Crippen LogP contribution in [0.2, 0.25) is 0 Å². The lowest BCUT2D eigenvalue weighted by Crippen LogP contribution is -2.22. The van der Waals surface area contributed by atoms with Crippen LogP contribution < -0.4 is 5.84 Å². The first-order valence-corrected chi connectivity index (χ1v) is 10.6. The van der Waals surface area contributed by atoms with Crippen LogP contribution in [0.1, 0.15) is 11.1 Å². The van der Waals surface area contributed by atoms with Crippen LogP contribution in [0.15, 0.2) is 58.6 Å². The lowest BCUT2D eigenvalue weighted by Gasteiger charge is -2.12. The van der Waals surface area contributed by atoms with Gasteiger partial charge in [0, 0.05) is 25.4 Å². The summed E-state index contributed by atoms with van der Waals surface area (Å²) < 4.78 is 27.2. The van der Waals surface area contributed by atoms with Gasteiger partial charge in [-0.1, -0.05) is 53.7 Å². The molecule has 0 aliphatic heterocycles. The molecule has 0 unspecified atom stereocenters. The Morgan fingerprint density at radius 2 is 1.81 bits per heavy atom. The number of sulfonamides is 1. The summed E-state index contributed by atoms with van der Waals surface area (Å²) in [6.07, 6.45) is 0. The maximum absolute atomic E-state index is 12.3. The highest BCUT2D eigenvalue weighted by Crippen LogP contribution is 2.25. The number of hydrogen-bond acceptors (Lipinski definition) is 6. The highest BCUT2D eigenvalue weighted by Gasteiger charge is 2.18. The summed E-state index contributed by atoms with van der Waals surface area (Å²) in [4.78, 5) is 0.264. The molecule has 0 saturated carbocycles. The number of nitrogens with two attached hydrogens (primary N) is 1. The van der Waals surface area contributed by atoms with Crippen LogP contribution in [0, 0.1) is 6.92 Å². The van der Waals surface area contributed by atoms with Crippen LogP contribution in [0.4, 0.5) is 0 Å². The molecule has 0 atom stereocenters. The standard InChI is InChI=1S/C18H21N5O2S2/c1-13-7-9-15(10-8-13)17-20-21-18(23(17)19)26-12-14-5-4-6-16(11-14)27(24,25)22(2)3/h4-11H,12,19H2,1-3H3. The highest BCUT2D eigenvalue weighted by molar-refractivity contribution is 7.98. The molecule has 27 heavy (non-hydrogen) atoms. The highest BCUT2D eigenvalue weighted by atomic mass is 32.2. The van der Waals surface area contributed by atoms with E-state index in [9.17, 15) is 8.42 Å². The van der Waals surface area contributed by atoms with Crippen molar-refractivity contribution in [1.29, 1.82) is 0 Å². The number of rotatable bonds is 6. The second-order valence-corrected chi connectivity index (χ2v) is 9.36. The molecule has 2 N–H and O–H groups in total. The average molecular weight is 404 g/mol.